The number of nitrogens with zero attached hydrogens (tertiary/aromatic N) is 2. The molecule has 0 bridgehead atoms. The first kappa shape index (κ1) is 14.6. The van der Waals surface area contributed by atoms with Crippen LogP contribution in [0.25, 0.3) is 11.1 Å². The summed E-state index contributed by atoms with van der Waals surface area (Å²) >= 11 is 3.49. The van der Waals surface area contributed by atoms with Crippen LogP contribution in [-0.2, 0) is 7.05 Å². The highest BCUT2D eigenvalue weighted by atomic mass is 79.9. The van der Waals surface area contributed by atoms with Gasteiger partial charge in [-0.15, -0.1) is 0 Å². The highest BCUT2D eigenvalue weighted by Gasteiger charge is 2.39. The molecule has 1 saturated carbocycles. The lowest BCUT2D eigenvalue weighted by molar-refractivity contribution is 0.326. The van der Waals surface area contributed by atoms with Crippen LogP contribution in [0.5, 0.6) is 0 Å². The lowest BCUT2D eigenvalue weighted by atomic mass is 9.78. The van der Waals surface area contributed by atoms with Crippen molar-refractivity contribution in [2.24, 2.45) is 12.5 Å². The van der Waals surface area contributed by atoms with Crippen LogP contribution in [0.15, 0.2) is 28.7 Å². The molecule has 2 aromatic rings. The summed E-state index contributed by atoms with van der Waals surface area (Å²) in [6.45, 7) is 4.70. The zero-order chi connectivity index (χ0) is 15.2. The van der Waals surface area contributed by atoms with Crippen LogP contribution in [-0.4, -0.2) is 9.78 Å². The molecule has 1 aliphatic carbocycles. The molecule has 2 N–H and O–H groups in total. The summed E-state index contributed by atoms with van der Waals surface area (Å²) in [4.78, 5) is 0. The molecule has 1 unspecified atom stereocenters. The Morgan fingerprint density at radius 2 is 1.95 bits per heavy atom. The number of nitrogens with two attached hydrogens (primary N) is 1. The quantitative estimate of drug-likeness (QED) is 0.853. The van der Waals surface area contributed by atoms with Crippen molar-refractivity contribution in [1.29, 1.82) is 0 Å². The van der Waals surface area contributed by atoms with Crippen LogP contribution in [0.2, 0.25) is 0 Å². The Bertz CT molecular complexity index is 655. The van der Waals surface area contributed by atoms with Gasteiger partial charge in [-0.2, -0.15) is 5.10 Å². The zero-order valence-electron chi connectivity index (χ0n) is 12.9. The Kier molecular flexibility index (Phi) is 3.60. The largest absolute Gasteiger partial charge is 0.383 e. The number of nitrogen functional groups attached to an aromatic ring is 1. The predicted octanol–water partition coefficient (Wildman–Crippen LogP) is 4.73. The van der Waals surface area contributed by atoms with Crippen LogP contribution in [0.1, 0.15) is 44.7 Å². The SMILES string of the molecule is Cn1nc(C2CCCC2(C)C)c(-c2ccc(Br)cc2)c1N. The van der Waals surface area contributed by atoms with Gasteiger partial charge in [-0.3, -0.25) is 4.68 Å². The molecule has 0 amide bonds. The van der Waals surface area contributed by atoms with Gasteiger partial charge < -0.3 is 5.73 Å². The van der Waals surface area contributed by atoms with E-state index in [0.717, 1.165) is 21.4 Å². The fourth-order valence-corrected chi connectivity index (χ4v) is 3.81. The van der Waals surface area contributed by atoms with Gasteiger partial charge in [0, 0.05) is 23.0 Å². The minimum Gasteiger partial charge on any atom is -0.383 e. The lowest BCUT2D eigenvalue weighted by Crippen LogP contribution is -2.16. The maximum absolute atomic E-state index is 6.32. The lowest BCUT2D eigenvalue weighted by Gasteiger charge is -2.26. The van der Waals surface area contributed by atoms with Crippen molar-refractivity contribution < 1.29 is 0 Å². The summed E-state index contributed by atoms with van der Waals surface area (Å²) in [6.07, 6.45) is 3.73. The van der Waals surface area contributed by atoms with Gasteiger partial charge in [0.25, 0.3) is 0 Å². The Hall–Kier alpha value is -1.29. The van der Waals surface area contributed by atoms with Crippen molar-refractivity contribution in [3.8, 4) is 11.1 Å². The predicted molar refractivity (Wildman–Crippen MR) is 91.1 cm³/mol. The Morgan fingerprint density at radius 3 is 2.52 bits per heavy atom. The van der Waals surface area contributed by atoms with E-state index in [0.29, 0.717) is 11.3 Å². The molecule has 1 aromatic carbocycles. The number of aryl methyl sites for hydroxylation is 1. The van der Waals surface area contributed by atoms with Crippen LogP contribution in [0, 0.1) is 5.41 Å². The fourth-order valence-electron chi connectivity index (χ4n) is 3.55. The molecule has 0 aliphatic heterocycles. The third-order valence-electron chi connectivity index (χ3n) is 4.84. The molecule has 21 heavy (non-hydrogen) atoms. The van der Waals surface area contributed by atoms with Gasteiger partial charge in [0.15, 0.2) is 0 Å². The molecule has 1 aliphatic rings. The van der Waals surface area contributed by atoms with Crippen molar-refractivity contribution in [3.05, 3.63) is 34.4 Å². The molecule has 3 nitrogen and oxygen atoms in total. The molecular formula is C17H22BrN3. The van der Waals surface area contributed by atoms with E-state index in [9.17, 15) is 0 Å². The number of halogens is 1. The fraction of sp³-hybridized carbons (Fsp3) is 0.471. The monoisotopic (exact) mass is 347 g/mol. The smallest absolute Gasteiger partial charge is 0.129 e. The van der Waals surface area contributed by atoms with E-state index >= 15 is 0 Å². The number of rotatable bonds is 2. The van der Waals surface area contributed by atoms with Crippen LogP contribution in [0.4, 0.5) is 5.82 Å². The molecule has 1 aromatic heterocycles. The van der Waals surface area contributed by atoms with Crippen LogP contribution in [0.3, 0.4) is 0 Å². The second kappa shape index (κ2) is 5.16. The Morgan fingerprint density at radius 1 is 1.29 bits per heavy atom. The number of benzene rings is 1. The van der Waals surface area contributed by atoms with E-state index in [4.69, 9.17) is 10.8 Å². The van der Waals surface area contributed by atoms with Gasteiger partial charge in [-0.05, 0) is 36.0 Å². The summed E-state index contributed by atoms with van der Waals surface area (Å²) in [5, 5.41) is 4.77. The third kappa shape index (κ3) is 2.50. The summed E-state index contributed by atoms with van der Waals surface area (Å²) in [7, 11) is 1.93. The Labute approximate surface area is 134 Å². The Balaban J connectivity index is 2.14. The molecule has 1 atom stereocenters. The van der Waals surface area contributed by atoms with E-state index in [1.165, 1.54) is 25.0 Å². The summed E-state index contributed by atoms with van der Waals surface area (Å²) < 4.78 is 2.90. The first-order valence-electron chi connectivity index (χ1n) is 7.48. The van der Waals surface area contributed by atoms with Gasteiger partial charge in [-0.25, -0.2) is 0 Å². The number of hydrogen-bond donors (Lipinski definition) is 1. The van der Waals surface area contributed by atoms with Crippen molar-refractivity contribution in [3.63, 3.8) is 0 Å². The van der Waals surface area contributed by atoms with Crippen LogP contribution >= 0.6 is 15.9 Å². The number of hydrogen-bond acceptors (Lipinski definition) is 2. The average Bonchev–Trinajstić information content (AvgIpc) is 2.91. The maximum atomic E-state index is 6.32. The van der Waals surface area contributed by atoms with Gasteiger partial charge in [0.05, 0.1) is 5.69 Å². The van der Waals surface area contributed by atoms with Crippen LogP contribution < -0.4 is 5.73 Å². The molecule has 3 rings (SSSR count). The first-order valence-corrected chi connectivity index (χ1v) is 8.28. The van der Waals surface area contributed by atoms with E-state index in [1.807, 2.05) is 11.7 Å². The third-order valence-corrected chi connectivity index (χ3v) is 5.37. The maximum Gasteiger partial charge on any atom is 0.129 e. The average molecular weight is 348 g/mol. The van der Waals surface area contributed by atoms with E-state index < -0.39 is 0 Å². The van der Waals surface area contributed by atoms with E-state index in [-0.39, 0.29) is 0 Å². The summed E-state index contributed by atoms with van der Waals surface area (Å²) in [6, 6.07) is 8.35. The van der Waals surface area contributed by atoms with Gasteiger partial charge in [-0.1, -0.05) is 48.3 Å². The number of aromatic nitrogens is 2. The highest BCUT2D eigenvalue weighted by molar-refractivity contribution is 9.10. The van der Waals surface area contributed by atoms with Gasteiger partial charge in [0.2, 0.25) is 0 Å². The minimum absolute atomic E-state index is 0.297. The second-order valence-corrected chi connectivity index (χ2v) is 7.63. The molecule has 4 heteroatoms. The first-order chi connectivity index (χ1) is 9.90. The standard InChI is InChI=1S/C17H22BrN3/c1-17(2)10-4-5-13(17)15-14(16(19)21(3)20-15)11-6-8-12(18)9-7-11/h6-9,13H,4-5,10,19H2,1-3H3. The van der Waals surface area contributed by atoms with E-state index in [2.05, 4.69) is 54.0 Å². The van der Waals surface area contributed by atoms with Gasteiger partial charge >= 0.3 is 0 Å². The summed E-state index contributed by atoms with van der Waals surface area (Å²) in [5.41, 5.74) is 10.1. The molecular weight excluding hydrogens is 326 g/mol. The molecule has 0 saturated heterocycles. The van der Waals surface area contributed by atoms with Crippen molar-refractivity contribution in [2.45, 2.75) is 39.0 Å². The number of anilines is 1. The molecule has 1 fully saturated rings. The van der Waals surface area contributed by atoms with Gasteiger partial charge in [0.1, 0.15) is 5.82 Å². The van der Waals surface area contributed by atoms with Crippen molar-refractivity contribution >= 4 is 21.7 Å². The van der Waals surface area contributed by atoms with E-state index in [1.54, 1.807) is 0 Å². The molecule has 1 heterocycles. The topological polar surface area (TPSA) is 43.8 Å². The normalized spacial score (nSPS) is 20.9. The highest BCUT2D eigenvalue weighted by Crippen LogP contribution is 2.51. The van der Waals surface area contributed by atoms with Crippen molar-refractivity contribution in [2.75, 3.05) is 5.73 Å². The zero-order valence-corrected chi connectivity index (χ0v) is 14.4. The second-order valence-electron chi connectivity index (χ2n) is 6.71. The molecule has 0 radical (unpaired) electrons. The minimum atomic E-state index is 0.297. The molecule has 0 spiro atoms. The summed E-state index contributed by atoms with van der Waals surface area (Å²) in [5.74, 6) is 1.25. The molecule has 112 valence electrons. The van der Waals surface area contributed by atoms with Crippen molar-refractivity contribution in [1.82, 2.24) is 9.78 Å².